The normalized spacial score (nSPS) is 12.8. The molecule has 1 atom stereocenters. The van der Waals surface area contributed by atoms with Crippen LogP contribution in [-0.4, -0.2) is 30.3 Å². The third kappa shape index (κ3) is 5.61. The molecule has 0 aliphatic heterocycles. The second-order valence-corrected chi connectivity index (χ2v) is 5.87. The monoisotopic (exact) mass is 279 g/mol. The predicted octanol–water partition coefficient (Wildman–Crippen LogP) is 2.71. The van der Waals surface area contributed by atoms with Crippen LogP contribution in [0.15, 0.2) is 24.3 Å². The lowest BCUT2D eigenvalue weighted by Gasteiger charge is -2.19. The number of benzene rings is 1. The molecule has 1 unspecified atom stereocenters. The standard InChI is InChI=1S/C16H25NO3/c1-5-20-15(19)10-14(18)11-17-13-8-6-12(7-9-13)16(2,3)4/h6-9,14,17-18H,5,10-11H2,1-4H3. The molecule has 0 saturated carbocycles. The molecule has 0 heterocycles. The number of aliphatic hydroxyl groups is 1. The lowest BCUT2D eigenvalue weighted by Crippen LogP contribution is -2.24. The fraction of sp³-hybridized carbons (Fsp3) is 0.562. The topological polar surface area (TPSA) is 58.6 Å². The molecule has 1 rings (SSSR count). The number of esters is 1. The molecule has 0 spiro atoms. The van der Waals surface area contributed by atoms with Crippen molar-refractivity contribution < 1.29 is 14.6 Å². The van der Waals surface area contributed by atoms with Crippen molar-refractivity contribution in [3.05, 3.63) is 29.8 Å². The van der Waals surface area contributed by atoms with Gasteiger partial charge in [-0.05, 0) is 30.0 Å². The van der Waals surface area contributed by atoms with E-state index in [2.05, 4.69) is 38.2 Å². The predicted molar refractivity (Wildman–Crippen MR) is 80.9 cm³/mol. The summed E-state index contributed by atoms with van der Waals surface area (Å²) >= 11 is 0. The average molecular weight is 279 g/mol. The molecular weight excluding hydrogens is 254 g/mol. The molecule has 0 saturated heterocycles. The van der Waals surface area contributed by atoms with Gasteiger partial charge in [0.15, 0.2) is 0 Å². The minimum Gasteiger partial charge on any atom is -0.466 e. The van der Waals surface area contributed by atoms with E-state index in [1.54, 1.807) is 6.92 Å². The third-order valence-corrected chi connectivity index (χ3v) is 3.00. The van der Waals surface area contributed by atoms with Crippen LogP contribution in [0.3, 0.4) is 0 Å². The van der Waals surface area contributed by atoms with E-state index in [1.165, 1.54) is 5.56 Å². The quantitative estimate of drug-likeness (QED) is 0.786. The molecule has 4 nitrogen and oxygen atoms in total. The van der Waals surface area contributed by atoms with Gasteiger partial charge >= 0.3 is 5.97 Å². The van der Waals surface area contributed by atoms with E-state index in [0.717, 1.165) is 5.69 Å². The van der Waals surface area contributed by atoms with E-state index in [4.69, 9.17) is 4.74 Å². The minimum atomic E-state index is -0.739. The minimum absolute atomic E-state index is 0.0148. The van der Waals surface area contributed by atoms with Gasteiger partial charge in [0, 0.05) is 12.2 Å². The number of carbonyl (C=O) groups is 1. The van der Waals surface area contributed by atoms with E-state index in [1.807, 2.05) is 12.1 Å². The molecule has 1 aromatic carbocycles. The van der Waals surface area contributed by atoms with Crippen molar-refractivity contribution in [2.75, 3.05) is 18.5 Å². The van der Waals surface area contributed by atoms with Crippen LogP contribution in [0, 0.1) is 0 Å². The van der Waals surface area contributed by atoms with Crippen molar-refractivity contribution in [1.29, 1.82) is 0 Å². The van der Waals surface area contributed by atoms with Gasteiger partial charge in [0.2, 0.25) is 0 Å². The van der Waals surface area contributed by atoms with E-state index in [0.29, 0.717) is 13.2 Å². The van der Waals surface area contributed by atoms with E-state index in [9.17, 15) is 9.90 Å². The maximum absolute atomic E-state index is 11.2. The number of rotatable bonds is 6. The maximum atomic E-state index is 11.2. The fourth-order valence-electron chi connectivity index (χ4n) is 1.81. The lowest BCUT2D eigenvalue weighted by molar-refractivity contribution is -0.145. The highest BCUT2D eigenvalue weighted by atomic mass is 16.5. The first kappa shape index (κ1) is 16.5. The maximum Gasteiger partial charge on any atom is 0.308 e. The van der Waals surface area contributed by atoms with Crippen molar-refractivity contribution in [3.8, 4) is 0 Å². The fourth-order valence-corrected chi connectivity index (χ4v) is 1.81. The van der Waals surface area contributed by atoms with E-state index >= 15 is 0 Å². The number of hydrogen-bond donors (Lipinski definition) is 2. The zero-order valence-electron chi connectivity index (χ0n) is 12.8. The van der Waals surface area contributed by atoms with Gasteiger partial charge in [-0.15, -0.1) is 0 Å². The van der Waals surface area contributed by atoms with E-state index < -0.39 is 6.10 Å². The molecule has 0 fully saturated rings. The van der Waals surface area contributed by atoms with Crippen LogP contribution in [0.1, 0.15) is 39.7 Å². The van der Waals surface area contributed by atoms with Crippen LogP contribution in [0.5, 0.6) is 0 Å². The largest absolute Gasteiger partial charge is 0.466 e. The third-order valence-electron chi connectivity index (χ3n) is 3.00. The first-order chi connectivity index (χ1) is 9.32. The molecular formula is C16H25NO3. The number of hydrogen-bond acceptors (Lipinski definition) is 4. The Labute approximate surface area is 121 Å². The summed E-state index contributed by atoms with van der Waals surface area (Å²) < 4.78 is 4.79. The van der Waals surface area contributed by atoms with Gasteiger partial charge < -0.3 is 15.2 Å². The summed E-state index contributed by atoms with van der Waals surface area (Å²) in [5.41, 5.74) is 2.32. The van der Waals surface area contributed by atoms with Crippen molar-refractivity contribution >= 4 is 11.7 Å². The lowest BCUT2D eigenvalue weighted by atomic mass is 9.87. The molecule has 20 heavy (non-hydrogen) atoms. The molecule has 0 bridgehead atoms. The van der Waals surface area contributed by atoms with Crippen molar-refractivity contribution in [3.63, 3.8) is 0 Å². The molecule has 1 aromatic rings. The van der Waals surface area contributed by atoms with Gasteiger partial charge in [-0.25, -0.2) is 0 Å². The Hall–Kier alpha value is -1.55. The second-order valence-electron chi connectivity index (χ2n) is 5.87. The highest BCUT2D eigenvalue weighted by Gasteiger charge is 2.14. The molecule has 0 aliphatic rings. The molecule has 0 amide bonds. The van der Waals surface area contributed by atoms with Crippen LogP contribution in [0.2, 0.25) is 0 Å². The average Bonchev–Trinajstić information content (AvgIpc) is 2.36. The van der Waals surface area contributed by atoms with Crippen LogP contribution in [-0.2, 0) is 14.9 Å². The summed E-state index contributed by atoms with van der Waals surface area (Å²) in [6.45, 7) is 8.91. The van der Waals surface area contributed by atoms with Crippen LogP contribution in [0.4, 0.5) is 5.69 Å². The first-order valence-corrected chi connectivity index (χ1v) is 7.01. The SMILES string of the molecule is CCOC(=O)CC(O)CNc1ccc(C(C)(C)C)cc1. The van der Waals surface area contributed by atoms with Crippen molar-refractivity contribution in [1.82, 2.24) is 0 Å². The Kier molecular flexibility index (Phi) is 6.02. The Morgan fingerprint density at radius 3 is 2.40 bits per heavy atom. The summed E-state index contributed by atoms with van der Waals surface area (Å²) in [6, 6.07) is 8.11. The van der Waals surface area contributed by atoms with E-state index in [-0.39, 0.29) is 17.8 Å². The van der Waals surface area contributed by atoms with Crippen LogP contribution < -0.4 is 5.32 Å². The van der Waals surface area contributed by atoms with Gasteiger partial charge in [0.25, 0.3) is 0 Å². The number of aliphatic hydroxyl groups excluding tert-OH is 1. The molecule has 0 aromatic heterocycles. The summed E-state index contributed by atoms with van der Waals surface area (Å²) in [6.07, 6.45) is -0.725. The van der Waals surface area contributed by atoms with Crippen LogP contribution in [0.25, 0.3) is 0 Å². The zero-order valence-corrected chi connectivity index (χ0v) is 12.8. The number of carbonyl (C=O) groups excluding carboxylic acids is 1. The Bertz CT molecular complexity index is 420. The van der Waals surface area contributed by atoms with Crippen molar-refractivity contribution in [2.24, 2.45) is 0 Å². The van der Waals surface area contributed by atoms with Crippen molar-refractivity contribution in [2.45, 2.75) is 45.6 Å². The highest BCUT2D eigenvalue weighted by molar-refractivity contribution is 5.70. The van der Waals surface area contributed by atoms with Gasteiger partial charge in [-0.2, -0.15) is 0 Å². The first-order valence-electron chi connectivity index (χ1n) is 7.01. The summed E-state index contributed by atoms with van der Waals surface area (Å²) in [5, 5.41) is 12.8. The number of nitrogens with one attached hydrogen (secondary N) is 1. The Morgan fingerprint density at radius 1 is 1.30 bits per heavy atom. The second kappa shape index (κ2) is 7.29. The number of anilines is 1. The Morgan fingerprint density at radius 2 is 1.90 bits per heavy atom. The molecule has 0 radical (unpaired) electrons. The smallest absolute Gasteiger partial charge is 0.308 e. The summed E-state index contributed by atoms with van der Waals surface area (Å²) in [4.78, 5) is 11.2. The molecule has 112 valence electrons. The van der Waals surface area contributed by atoms with Gasteiger partial charge in [-0.1, -0.05) is 32.9 Å². The zero-order chi connectivity index (χ0) is 15.2. The van der Waals surface area contributed by atoms with Gasteiger partial charge in [-0.3, -0.25) is 4.79 Å². The summed E-state index contributed by atoms with van der Waals surface area (Å²) in [5.74, 6) is -0.370. The van der Waals surface area contributed by atoms with Gasteiger partial charge in [0.1, 0.15) is 0 Å². The summed E-state index contributed by atoms with van der Waals surface area (Å²) in [7, 11) is 0. The highest BCUT2D eigenvalue weighted by Crippen LogP contribution is 2.23. The van der Waals surface area contributed by atoms with Gasteiger partial charge in [0.05, 0.1) is 19.1 Å². The Balaban J connectivity index is 2.44. The molecule has 4 heteroatoms. The molecule has 2 N–H and O–H groups in total. The molecule has 0 aliphatic carbocycles. The number of ether oxygens (including phenoxy) is 1. The van der Waals surface area contributed by atoms with Crippen LogP contribution >= 0.6 is 0 Å².